The molecule has 2 amide bonds. The lowest BCUT2D eigenvalue weighted by Crippen LogP contribution is -2.37. The molecule has 1 aromatic heterocycles. The maximum atomic E-state index is 11.6. The van der Waals surface area contributed by atoms with Crippen molar-refractivity contribution >= 4 is 41.2 Å². The predicted octanol–water partition coefficient (Wildman–Crippen LogP) is 2.15. The lowest BCUT2D eigenvalue weighted by Gasteiger charge is -2.04. The molecule has 0 aliphatic carbocycles. The van der Waals surface area contributed by atoms with Gasteiger partial charge < -0.3 is 5.32 Å². The van der Waals surface area contributed by atoms with Crippen molar-refractivity contribution in [3.05, 3.63) is 63.9 Å². The molecule has 0 bridgehead atoms. The Balaban J connectivity index is 1.86. The third kappa shape index (κ3) is 5.05. The van der Waals surface area contributed by atoms with Crippen LogP contribution in [0.5, 0.6) is 0 Å². The fourth-order valence-electron chi connectivity index (χ4n) is 1.61. The van der Waals surface area contributed by atoms with Gasteiger partial charge in [-0.1, -0.05) is 35.3 Å². The molecular weight excluding hydrogens is 339 g/mol. The third-order valence-corrected chi connectivity index (χ3v) is 3.40. The summed E-state index contributed by atoms with van der Waals surface area (Å²) in [5.74, 6) is -1.70. The Hall–Kier alpha value is -2.44. The van der Waals surface area contributed by atoms with E-state index in [0.29, 0.717) is 15.6 Å². The van der Waals surface area contributed by atoms with Crippen LogP contribution in [0.1, 0.15) is 11.1 Å². The van der Waals surface area contributed by atoms with Crippen molar-refractivity contribution in [1.82, 2.24) is 15.7 Å². The highest BCUT2D eigenvalue weighted by Gasteiger charge is 2.12. The summed E-state index contributed by atoms with van der Waals surface area (Å²) < 4.78 is 0. The van der Waals surface area contributed by atoms with Crippen LogP contribution >= 0.6 is 23.2 Å². The van der Waals surface area contributed by atoms with E-state index in [2.05, 4.69) is 20.8 Å². The number of hydrogen-bond acceptors (Lipinski definition) is 4. The number of halogens is 2. The first-order valence-corrected chi connectivity index (χ1v) is 7.27. The van der Waals surface area contributed by atoms with Crippen molar-refractivity contribution in [2.24, 2.45) is 5.10 Å². The first-order chi connectivity index (χ1) is 11.1. The molecule has 2 N–H and O–H groups in total. The summed E-state index contributed by atoms with van der Waals surface area (Å²) in [5.41, 5.74) is 3.34. The van der Waals surface area contributed by atoms with Gasteiger partial charge in [-0.2, -0.15) is 5.10 Å². The van der Waals surface area contributed by atoms with Crippen LogP contribution < -0.4 is 10.7 Å². The monoisotopic (exact) mass is 350 g/mol. The Morgan fingerprint density at radius 2 is 1.87 bits per heavy atom. The summed E-state index contributed by atoms with van der Waals surface area (Å²) in [6.45, 7) is 0.195. The number of carbonyl (C=O) groups excluding carboxylic acids is 2. The quantitative estimate of drug-likeness (QED) is 0.503. The summed E-state index contributed by atoms with van der Waals surface area (Å²) in [4.78, 5) is 27.1. The van der Waals surface area contributed by atoms with Crippen LogP contribution in [0.3, 0.4) is 0 Å². The summed E-state index contributed by atoms with van der Waals surface area (Å²) in [7, 11) is 0. The molecule has 0 spiro atoms. The first-order valence-electron chi connectivity index (χ1n) is 6.52. The van der Waals surface area contributed by atoms with Crippen LogP contribution in [0.4, 0.5) is 0 Å². The summed E-state index contributed by atoms with van der Waals surface area (Å²) >= 11 is 11.9. The number of rotatable bonds is 4. The van der Waals surface area contributed by atoms with Gasteiger partial charge in [0.2, 0.25) is 0 Å². The second kappa shape index (κ2) is 8.26. The molecule has 0 atom stereocenters. The number of benzene rings is 1. The van der Waals surface area contributed by atoms with E-state index in [0.717, 1.165) is 5.56 Å². The third-order valence-electron chi connectivity index (χ3n) is 2.74. The Labute approximate surface area is 142 Å². The Morgan fingerprint density at radius 3 is 2.52 bits per heavy atom. The highest BCUT2D eigenvalue weighted by Crippen LogP contribution is 2.21. The standard InChI is InChI=1S/C15H12Cl2N4O2/c16-12-4-1-5-13(17)11(12)9-20-21-15(23)14(22)19-8-10-3-2-6-18-7-10/h1-7,9H,8H2,(H,19,22)(H,21,23)/b20-9-. The molecule has 0 saturated heterocycles. The molecule has 0 aliphatic heterocycles. The van der Waals surface area contributed by atoms with Gasteiger partial charge in [-0.15, -0.1) is 0 Å². The number of nitrogens with one attached hydrogen (secondary N) is 2. The average molecular weight is 351 g/mol. The summed E-state index contributed by atoms with van der Waals surface area (Å²) in [6, 6.07) is 8.48. The molecule has 2 aromatic rings. The topological polar surface area (TPSA) is 83.5 Å². The lowest BCUT2D eigenvalue weighted by molar-refractivity contribution is -0.139. The van der Waals surface area contributed by atoms with Crippen LogP contribution in [0.2, 0.25) is 10.0 Å². The minimum absolute atomic E-state index is 0.195. The van der Waals surface area contributed by atoms with Gasteiger partial charge in [-0.3, -0.25) is 14.6 Å². The van der Waals surface area contributed by atoms with E-state index in [9.17, 15) is 9.59 Å². The van der Waals surface area contributed by atoms with E-state index in [1.165, 1.54) is 6.21 Å². The van der Waals surface area contributed by atoms with Crippen molar-refractivity contribution in [1.29, 1.82) is 0 Å². The highest BCUT2D eigenvalue weighted by molar-refractivity contribution is 6.38. The van der Waals surface area contributed by atoms with Crippen LogP contribution in [-0.2, 0) is 16.1 Å². The normalized spacial score (nSPS) is 10.5. The molecule has 1 heterocycles. The molecule has 0 unspecified atom stereocenters. The van der Waals surface area contributed by atoms with Crippen molar-refractivity contribution in [3.8, 4) is 0 Å². The number of aromatic nitrogens is 1. The van der Waals surface area contributed by atoms with Crippen LogP contribution in [0.25, 0.3) is 0 Å². The van der Waals surface area contributed by atoms with E-state index in [4.69, 9.17) is 23.2 Å². The van der Waals surface area contributed by atoms with Gasteiger partial charge in [0, 0.05) is 24.5 Å². The van der Waals surface area contributed by atoms with Crippen molar-refractivity contribution in [3.63, 3.8) is 0 Å². The molecule has 2 rings (SSSR count). The minimum Gasteiger partial charge on any atom is -0.344 e. The zero-order chi connectivity index (χ0) is 16.7. The number of amides is 2. The Bertz CT molecular complexity index is 715. The highest BCUT2D eigenvalue weighted by atomic mass is 35.5. The van der Waals surface area contributed by atoms with Gasteiger partial charge in [-0.05, 0) is 23.8 Å². The second-order valence-electron chi connectivity index (χ2n) is 4.38. The van der Waals surface area contributed by atoms with E-state index < -0.39 is 11.8 Å². The lowest BCUT2D eigenvalue weighted by atomic mass is 10.2. The van der Waals surface area contributed by atoms with Crippen molar-refractivity contribution in [2.45, 2.75) is 6.54 Å². The van der Waals surface area contributed by atoms with E-state index in [-0.39, 0.29) is 6.54 Å². The molecule has 0 fully saturated rings. The van der Waals surface area contributed by atoms with Gasteiger partial charge in [0.05, 0.1) is 16.3 Å². The van der Waals surface area contributed by atoms with Crippen LogP contribution in [0.15, 0.2) is 47.8 Å². The van der Waals surface area contributed by atoms with Crippen molar-refractivity contribution < 1.29 is 9.59 Å². The largest absolute Gasteiger partial charge is 0.344 e. The fraction of sp³-hybridized carbons (Fsp3) is 0.0667. The summed E-state index contributed by atoms with van der Waals surface area (Å²) in [6.07, 6.45) is 4.49. The van der Waals surface area contributed by atoms with Gasteiger partial charge in [0.1, 0.15) is 0 Å². The molecule has 0 radical (unpaired) electrons. The van der Waals surface area contributed by atoms with E-state index >= 15 is 0 Å². The number of hydrogen-bond donors (Lipinski definition) is 2. The molecule has 6 nitrogen and oxygen atoms in total. The maximum absolute atomic E-state index is 11.6. The van der Waals surface area contributed by atoms with Crippen LogP contribution in [0, 0.1) is 0 Å². The molecule has 118 valence electrons. The number of nitrogens with zero attached hydrogens (tertiary/aromatic N) is 2. The van der Waals surface area contributed by atoms with E-state index in [1.54, 1.807) is 42.7 Å². The first kappa shape index (κ1) is 16.9. The summed E-state index contributed by atoms with van der Waals surface area (Å²) in [5, 5.41) is 6.90. The SMILES string of the molecule is O=C(NCc1cccnc1)C(=O)N/N=C\c1c(Cl)cccc1Cl. The van der Waals surface area contributed by atoms with Crippen molar-refractivity contribution in [2.75, 3.05) is 0 Å². The zero-order valence-electron chi connectivity index (χ0n) is 11.8. The predicted molar refractivity (Wildman–Crippen MR) is 88.3 cm³/mol. The maximum Gasteiger partial charge on any atom is 0.329 e. The fourth-order valence-corrected chi connectivity index (χ4v) is 2.10. The number of carbonyl (C=O) groups is 2. The molecule has 23 heavy (non-hydrogen) atoms. The molecule has 8 heteroatoms. The minimum atomic E-state index is -0.895. The second-order valence-corrected chi connectivity index (χ2v) is 5.19. The number of pyridine rings is 1. The zero-order valence-corrected chi connectivity index (χ0v) is 13.3. The van der Waals surface area contributed by atoms with Gasteiger partial charge in [0.15, 0.2) is 0 Å². The van der Waals surface area contributed by atoms with E-state index in [1.807, 2.05) is 0 Å². The number of hydrazone groups is 1. The Morgan fingerprint density at radius 1 is 1.13 bits per heavy atom. The van der Waals surface area contributed by atoms with Gasteiger partial charge in [-0.25, -0.2) is 5.43 Å². The van der Waals surface area contributed by atoms with Gasteiger partial charge >= 0.3 is 11.8 Å². The average Bonchev–Trinajstić information content (AvgIpc) is 2.56. The molecule has 1 aromatic carbocycles. The van der Waals surface area contributed by atoms with Crippen LogP contribution in [-0.4, -0.2) is 23.0 Å². The Kier molecular flexibility index (Phi) is 6.08. The molecule has 0 aliphatic rings. The molecular formula is C15H12Cl2N4O2. The smallest absolute Gasteiger partial charge is 0.329 e. The van der Waals surface area contributed by atoms with Gasteiger partial charge in [0.25, 0.3) is 0 Å². The molecule has 0 saturated carbocycles.